The van der Waals surface area contributed by atoms with E-state index in [1.807, 2.05) is 6.07 Å². The van der Waals surface area contributed by atoms with Gasteiger partial charge in [0.2, 0.25) is 0 Å². The molecule has 0 aliphatic heterocycles. The van der Waals surface area contributed by atoms with E-state index in [-0.39, 0.29) is 11.4 Å². The molecule has 0 amide bonds. The van der Waals surface area contributed by atoms with Crippen molar-refractivity contribution in [3.8, 4) is 6.07 Å². The van der Waals surface area contributed by atoms with Gasteiger partial charge in [-0.15, -0.1) is 0 Å². The SMILES string of the molecule is CCN(C)c1nc(C(F)(F)F)ccc1C#N. The van der Waals surface area contributed by atoms with Gasteiger partial charge in [-0.05, 0) is 19.1 Å². The van der Waals surface area contributed by atoms with Crippen LogP contribution in [0.2, 0.25) is 0 Å². The van der Waals surface area contributed by atoms with Gasteiger partial charge in [-0.2, -0.15) is 18.4 Å². The van der Waals surface area contributed by atoms with E-state index in [2.05, 4.69) is 4.98 Å². The summed E-state index contributed by atoms with van der Waals surface area (Å²) >= 11 is 0. The van der Waals surface area contributed by atoms with Crippen LogP contribution < -0.4 is 4.90 Å². The van der Waals surface area contributed by atoms with Crippen molar-refractivity contribution in [2.75, 3.05) is 18.5 Å². The van der Waals surface area contributed by atoms with Gasteiger partial charge in [-0.1, -0.05) is 0 Å². The van der Waals surface area contributed by atoms with Crippen molar-refractivity contribution in [2.24, 2.45) is 0 Å². The fourth-order valence-corrected chi connectivity index (χ4v) is 1.13. The van der Waals surface area contributed by atoms with Gasteiger partial charge >= 0.3 is 6.18 Å². The van der Waals surface area contributed by atoms with Crippen LogP contribution in [0, 0.1) is 11.3 Å². The molecule has 1 aromatic heterocycles. The highest BCUT2D eigenvalue weighted by Crippen LogP contribution is 2.30. The lowest BCUT2D eigenvalue weighted by atomic mass is 10.2. The first-order valence-corrected chi connectivity index (χ1v) is 4.59. The van der Waals surface area contributed by atoms with Crippen LogP contribution in [-0.2, 0) is 6.18 Å². The summed E-state index contributed by atoms with van der Waals surface area (Å²) < 4.78 is 37.2. The smallest absolute Gasteiger partial charge is 0.359 e. The van der Waals surface area contributed by atoms with Crippen molar-refractivity contribution in [3.63, 3.8) is 0 Å². The van der Waals surface area contributed by atoms with E-state index in [0.29, 0.717) is 6.54 Å². The van der Waals surface area contributed by atoms with E-state index in [9.17, 15) is 13.2 Å². The van der Waals surface area contributed by atoms with E-state index in [1.54, 1.807) is 14.0 Å². The minimum Gasteiger partial charge on any atom is -0.359 e. The zero-order valence-electron chi connectivity index (χ0n) is 8.84. The van der Waals surface area contributed by atoms with Gasteiger partial charge in [0.05, 0.1) is 5.56 Å². The lowest BCUT2D eigenvalue weighted by Crippen LogP contribution is -2.20. The first-order chi connectivity index (χ1) is 7.40. The van der Waals surface area contributed by atoms with Crippen LogP contribution in [-0.4, -0.2) is 18.6 Å². The van der Waals surface area contributed by atoms with Gasteiger partial charge in [-0.3, -0.25) is 0 Å². The molecule has 0 aromatic carbocycles. The van der Waals surface area contributed by atoms with Crippen molar-refractivity contribution < 1.29 is 13.2 Å². The second-order valence-corrected chi connectivity index (χ2v) is 3.19. The van der Waals surface area contributed by atoms with Gasteiger partial charge < -0.3 is 4.90 Å². The Bertz CT molecular complexity index is 420. The maximum absolute atomic E-state index is 12.4. The molecule has 0 N–H and O–H groups in total. The standard InChI is InChI=1S/C10H10F3N3/c1-3-16(2)9-7(6-14)4-5-8(15-9)10(11,12)13/h4-5H,3H2,1-2H3. The monoisotopic (exact) mass is 229 g/mol. The van der Waals surface area contributed by atoms with Gasteiger partial charge in [-0.25, -0.2) is 4.98 Å². The Morgan fingerprint density at radius 3 is 2.50 bits per heavy atom. The first-order valence-electron chi connectivity index (χ1n) is 4.59. The quantitative estimate of drug-likeness (QED) is 0.781. The van der Waals surface area contributed by atoms with Crippen molar-refractivity contribution in [2.45, 2.75) is 13.1 Å². The average molecular weight is 229 g/mol. The minimum atomic E-state index is -4.49. The Labute approximate surface area is 91.1 Å². The average Bonchev–Trinajstić information content (AvgIpc) is 2.25. The second kappa shape index (κ2) is 4.39. The van der Waals surface area contributed by atoms with Crippen molar-refractivity contribution >= 4 is 5.82 Å². The largest absolute Gasteiger partial charge is 0.433 e. The number of rotatable bonds is 2. The molecule has 0 aliphatic carbocycles. The fourth-order valence-electron chi connectivity index (χ4n) is 1.13. The molecule has 0 saturated heterocycles. The lowest BCUT2D eigenvalue weighted by Gasteiger charge is -2.18. The highest BCUT2D eigenvalue weighted by molar-refractivity contribution is 5.53. The van der Waals surface area contributed by atoms with Crippen molar-refractivity contribution in [1.29, 1.82) is 5.26 Å². The molecule has 0 saturated carbocycles. The minimum absolute atomic E-state index is 0.0554. The normalized spacial score (nSPS) is 11.0. The fraction of sp³-hybridized carbons (Fsp3) is 0.400. The Balaban J connectivity index is 3.28. The summed E-state index contributed by atoms with van der Waals surface area (Å²) in [6.07, 6.45) is -4.49. The first kappa shape index (κ1) is 12.3. The number of pyridine rings is 1. The van der Waals surface area contributed by atoms with Crippen LogP contribution in [0.3, 0.4) is 0 Å². The van der Waals surface area contributed by atoms with E-state index >= 15 is 0 Å². The number of aromatic nitrogens is 1. The maximum atomic E-state index is 12.4. The highest BCUT2D eigenvalue weighted by Gasteiger charge is 2.33. The van der Waals surface area contributed by atoms with Crippen LogP contribution in [0.15, 0.2) is 12.1 Å². The van der Waals surface area contributed by atoms with Crippen LogP contribution >= 0.6 is 0 Å². The molecule has 16 heavy (non-hydrogen) atoms. The van der Waals surface area contributed by atoms with Crippen LogP contribution in [0.4, 0.5) is 19.0 Å². The van der Waals surface area contributed by atoms with Crippen LogP contribution in [0.1, 0.15) is 18.2 Å². The van der Waals surface area contributed by atoms with E-state index in [1.165, 1.54) is 4.90 Å². The van der Waals surface area contributed by atoms with E-state index < -0.39 is 11.9 Å². The number of halogens is 3. The molecule has 0 aliphatic rings. The zero-order chi connectivity index (χ0) is 12.3. The van der Waals surface area contributed by atoms with Gasteiger partial charge in [0.25, 0.3) is 0 Å². The zero-order valence-corrected chi connectivity index (χ0v) is 8.84. The molecule has 0 spiro atoms. The molecule has 3 nitrogen and oxygen atoms in total. The Morgan fingerprint density at radius 1 is 1.44 bits per heavy atom. The number of anilines is 1. The lowest BCUT2D eigenvalue weighted by molar-refractivity contribution is -0.141. The number of nitrogens with zero attached hydrogens (tertiary/aromatic N) is 3. The molecular weight excluding hydrogens is 219 g/mol. The molecule has 0 bridgehead atoms. The third kappa shape index (κ3) is 2.42. The highest BCUT2D eigenvalue weighted by atomic mass is 19.4. The number of hydrogen-bond acceptors (Lipinski definition) is 3. The number of alkyl halides is 3. The maximum Gasteiger partial charge on any atom is 0.433 e. The van der Waals surface area contributed by atoms with Gasteiger partial charge in [0.1, 0.15) is 17.6 Å². The third-order valence-corrected chi connectivity index (χ3v) is 2.12. The Kier molecular flexibility index (Phi) is 3.38. The number of hydrogen-bond donors (Lipinski definition) is 0. The molecule has 0 fully saturated rings. The summed E-state index contributed by atoms with van der Waals surface area (Å²) in [5.41, 5.74) is -0.848. The van der Waals surface area contributed by atoms with Gasteiger partial charge in [0, 0.05) is 13.6 Å². The molecule has 0 atom stereocenters. The summed E-state index contributed by atoms with van der Waals surface area (Å²) in [5, 5.41) is 8.76. The van der Waals surface area contributed by atoms with Gasteiger partial charge in [0.15, 0.2) is 0 Å². The van der Waals surface area contributed by atoms with Crippen molar-refractivity contribution in [3.05, 3.63) is 23.4 Å². The molecule has 1 rings (SSSR count). The second-order valence-electron chi connectivity index (χ2n) is 3.19. The Morgan fingerprint density at radius 2 is 2.06 bits per heavy atom. The summed E-state index contributed by atoms with van der Waals surface area (Å²) in [4.78, 5) is 4.96. The molecular formula is C10H10F3N3. The third-order valence-electron chi connectivity index (χ3n) is 2.12. The topological polar surface area (TPSA) is 39.9 Å². The van der Waals surface area contributed by atoms with E-state index in [0.717, 1.165) is 12.1 Å². The van der Waals surface area contributed by atoms with Crippen LogP contribution in [0.5, 0.6) is 0 Å². The summed E-state index contributed by atoms with van der Waals surface area (Å²) in [6, 6.07) is 3.77. The molecule has 1 aromatic rings. The summed E-state index contributed by atoms with van der Waals surface area (Å²) in [7, 11) is 1.59. The molecule has 1 heterocycles. The van der Waals surface area contributed by atoms with Crippen LogP contribution in [0.25, 0.3) is 0 Å². The summed E-state index contributed by atoms with van der Waals surface area (Å²) in [6.45, 7) is 2.24. The number of nitriles is 1. The molecule has 6 heteroatoms. The molecule has 0 unspecified atom stereocenters. The molecule has 0 radical (unpaired) electrons. The molecule has 86 valence electrons. The predicted octanol–water partition coefficient (Wildman–Crippen LogP) is 2.43. The predicted molar refractivity (Wildman–Crippen MR) is 52.9 cm³/mol. The Hall–Kier alpha value is -1.77. The van der Waals surface area contributed by atoms with Crippen molar-refractivity contribution in [1.82, 2.24) is 4.98 Å². The van der Waals surface area contributed by atoms with E-state index in [4.69, 9.17) is 5.26 Å². The summed E-state index contributed by atoms with van der Waals surface area (Å²) in [5.74, 6) is 0.0554.